The van der Waals surface area contributed by atoms with E-state index >= 15 is 0 Å². The molecule has 0 aliphatic heterocycles. The summed E-state index contributed by atoms with van der Waals surface area (Å²) in [7, 11) is 0. The molecule has 0 radical (unpaired) electrons. The minimum absolute atomic E-state index is 0.0231. The number of anilines is 2. The summed E-state index contributed by atoms with van der Waals surface area (Å²) in [4.78, 5) is 39.1. The summed E-state index contributed by atoms with van der Waals surface area (Å²) in [5.41, 5.74) is 9.29. The van der Waals surface area contributed by atoms with Crippen LogP contribution in [0.15, 0.2) is 59.8 Å². The number of aliphatic hydroxyl groups is 1. The third kappa shape index (κ3) is 4.97. The lowest BCUT2D eigenvalue weighted by atomic mass is 10.1. The topological polar surface area (TPSA) is 167 Å². The van der Waals surface area contributed by atoms with Gasteiger partial charge < -0.3 is 16.2 Å². The molecule has 0 bridgehead atoms. The van der Waals surface area contributed by atoms with Crippen molar-refractivity contribution in [3.05, 3.63) is 82.2 Å². The normalized spacial score (nSPS) is 11.3. The molecule has 198 valence electrons. The Hall–Kier alpha value is -4.97. The standard InChI is InChI=1S/C27H27N9O3/c1-15(2)20-12-19(27(39)36(33-20)21-9-4-16(3)13-29-21)26(38)32-18-7-5-17(6-8-18)23-22-24(28)30-14-31-25(22)35(34-23)10-11-37/h4-9,12-15,37H,10-11H2,1-3H3,(H,32,38)(H2,28,30,31). The number of nitrogen functional groups attached to an aromatic ring is 1. The van der Waals surface area contributed by atoms with E-state index < -0.39 is 11.5 Å². The van der Waals surface area contributed by atoms with Crippen LogP contribution in [-0.2, 0) is 6.54 Å². The number of pyridine rings is 1. The Bertz CT molecular complexity index is 1720. The Labute approximate surface area is 223 Å². The van der Waals surface area contributed by atoms with Crippen LogP contribution in [0.5, 0.6) is 0 Å². The fourth-order valence-corrected chi connectivity index (χ4v) is 4.09. The minimum Gasteiger partial charge on any atom is -0.394 e. The van der Waals surface area contributed by atoms with Gasteiger partial charge in [-0.25, -0.2) is 19.6 Å². The van der Waals surface area contributed by atoms with Crippen LogP contribution in [0.25, 0.3) is 28.1 Å². The van der Waals surface area contributed by atoms with Gasteiger partial charge in [0.15, 0.2) is 11.5 Å². The maximum absolute atomic E-state index is 13.3. The zero-order chi connectivity index (χ0) is 27.7. The van der Waals surface area contributed by atoms with Gasteiger partial charge in [-0.15, -0.1) is 0 Å². The summed E-state index contributed by atoms with van der Waals surface area (Å²) < 4.78 is 2.73. The third-order valence-corrected chi connectivity index (χ3v) is 6.17. The van der Waals surface area contributed by atoms with Crippen molar-refractivity contribution in [1.82, 2.24) is 34.5 Å². The van der Waals surface area contributed by atoms with Crippen molar-refractivity contribution < 1.29 is 9.90 Å². The Balaban J connectivity index is 1.47. The van der Waals surface area contributed by atoms with Crippen LogP contribution in [0.3, 0.4) is 0 Å². The van der Waals surface area contributed by atoms with E-state index in [0.717, 1.165) is 15.8 Å². The average Bonchev–Trinajstić information content (AvgIpc) is 3.29. The van der Waals surface area contributed by atoms with Gasteiger partial charge in [0.25, 0.3) is 11.5 Å². The number of aliphatic hydroxyl groups excluding tert-OH is 1. The van der Waals surface area contributed by atoms with Gasteiger partial charge in [0.1, 0.15) is 23.4 Å². The maximum atomic E-state index is 13.3. The number of rotatable bonds is 7. The zero-order valence-electron chi connectivity index (χ0n) is 21.7. The molecule has 5 aromatic rings. The lowest BCUT2D eigenvalue weighted by molar-refractivity contribution is 0.102. The van der Waals surface area contributed by atoms with Gasteiger partial charge in [0.05, 0.1) is 24.2 Å². The summed E-state index contributed by atoms with van der Waals surface area (Å²) in [5.74, 6) is 0.0235. The van der Waals surface area contributed by atoms with Crippen molar-refractivity contribution in [2.24, 2.45) is 0 Å². The molecule has 0 spiro atoms. The Morgan fingerprint density at radius 3 is 2.51 bits per heavy atom. The highest BCUT2D eigenvalue weighted by Crippen LogP contribution is 2.30. The minimum atomic E-state index is -0.568. The predicted molar refractivity (Wildman–Crippen MR) is 147 cm³/mol. The fourth-order valence-electron chi connectivity index (χ4n) is 4.09. The van der Waals surface area contributed by atoms with Crippen LogP contribution in [-0.4, -0.2) is 52.1 Å². The summed E-state index contributed by atoms with van der Waals surface area (Å²) in [6.45, 7) is 5.90. The van der Waals surface area contributed by atoms with E-state index in [1.807, 2.05) is 26.8 Å². The van der Waals surface area contributed by atoms with Crippen molar-refractivity contribution in [3.8, 4) is 17.1 Å². The molecular formula is C27H27N9O3. The summed E-state index contributed by atoms with van der Waals surface area (Å²) in [6, 6.07) is 12.0. The number of aromatic nitrogens is 7. The molecule has 0 unspecified atom stereocenters. The first-order valence-corrected chi connectivity index (χ1v) is 12.3. The molecule has 1 aromatic carbocycles. The Morgan fingerprint density at radius 1 is 1.08 bits per heavy atom. The van der Waals surface area contributed by atoms with Gasteiger partial charge in [-0.1, -0.05) is 32.0 Å². The number of carbonyl (C=O) groups is 1. The molecule has 1 amide bonds. The first kappa shape index (κ1) is 25.7. The molecule has 0 fully saturated rings. The van der Waals surface area contributed by atoms with E-state index in [1.54, 1.807) is 41.2 Å². The number of amides is 1. The number of nitrogens with two attached hydrogens (primary N) is 1. The largest absolute Gasteiger partial charge is 0.394 e. The number of fused-ring (bicyclic) bond motifs is 1. The molecule has 12 heteroatoms. The number of hydrogen-bond donors (Lipinski definition) is 3. The molecule has 39 heavy (non-hydrogen) atoms. The number of benzene rings is 1. The number of nitrogens with one attached hydrogen (secondary N) is 1. The van der Waals surface area contributed by atoms with Crippen molar-refractivity contribution in [2.75, 3.05) is 17.7 Å². The zero-order valence-corrected chi connectivity index (χ0v) is 21.7. The summed E-state index contributed by atoms with van der Waals surface area (Å²) >= 11 is 0. The maximum Gasteiger partial charge on any atom is 0.285 e. The molecule has 4 aromatic heterocycles. The van der Waals surface area contributed by atoms with Crippen molar-refractivity contribution >= 4 is 28.4 Å². The average molecular weight is 526 g/mol. The van der Waals surface area contributed by atoms with Gasteiger partial charge in [-0.3, -0.25) is 9.59 Å². The molecule has 4 heterocycles. The molecule has 0 atom stereocenters. The highest BCUT2D eigenvalue weighted by Gasteiger charge is 2.20. The second-order valence-corrected chi connectivity index (χ2v) is 9.33. The van der Waals surface area contributed by atoms with Crippen LogP contribution < -0.4 is 16.6 Å². The molecule has 0 saturated carbocycles. The van der Waals surface area contributed by atoms with E-state index in [1.165, 1.54) is 12.4 Å². The van der Waals surface area contributed by atoms with Crippen LogP contribution in [0.4, 0.5) is 11.5 Å². The van der Waals surface area contributed by atoms with E-state index in [0.29, 0.717) is 33.9 Å². The van der Waals surface area contributed by atoms with Gasteiger partial charge >= 0.3 is 0 Å². The van der Waals surface area contributed by atoms with Crippen molar-refractivity contribution in [3.63, 3.8) is 0 Å². The van der Waals surface area contributed by atoms with E-state index in [-0.39, 0.29) is 30.5 Å². The van der Waals surface area contributed by atoms with Gasteiger partial charge in [-0.2, -0.15) is 14.9 Å². The van der Waals surface area contributed by atoms with E-state index in [2.05, 4.69) is 30.5 Å². The van der Waals surface area contributed by atoms with Crippen molar-refractivity contribution in [1.29, 1.82) is 0 Å². The third-order valence-electron chi connectivity index (χ3n) is 6.17. The van der Waals surface area contributed by atoms with Crippen LogP contribution in [0, 0.1) is 6.92 Å². The van der Waals surface area contributed by atoms with Crippen molar-refractivity contribution in [2.45, 2.75) is 33.2 Å². The van der Waals surface area contributed by atoms with Crippen LogP contribution >= 0.6 is 0 Å². The monoisotopic (exact) mass is 525 g/mol. The fraction of sp³-hybridized carbons (Fsp3) is 0.222. The lowest BCUT2D eigenvalue weighted by Crippen LogP contribution is -2.31. The lowest BCUT2D eigenvalue weighted by Gasteiger charge is -2.12. The number of aryl methyl sites for hydroxylation is 1. The Morgan fingerprint density at radius 2 is 1.85 bits per heavy atom. The quantitative estimate of drug-likeness (QED) is 0.289. The summed E-state index contributed by atoms with van der Waals surface area (Å²) in [5, 5.41) is 21.8. The first-order valence-electron chi connectivity index (χ1n) is 12.3. The molecule has 4 N–H and O–H groups in total. The SMILES string of the molecule is Cc1ccc(-n2nc(C(C)C)cc(C(=O)Nc3ccc(-c4nn(CCO)c5ncnc(N)c45)cc3)c2=O)nc1. The van der Waals surface area contributed by atoms with E-state index in [9.17, 15) is 14.7 Å². The number of nitrogens with zero attached hydrogens (tertiary/aromatic N) is 7. The second kappa shape index (κ2) is 10.4. The predicted octanol–water partition coefficient (Wildman–Crippen LogP) is 2.69. The highest BCUT2D eigenvalue weighted by atomic mass is 16.3. The number of carbonyl (C=O) groups excluding carboxylic acids is 1. The van der Waals surface area contributed by atoms with E-state index in [4.69, 9.17) is 5.73 Å². The molecule has 12 nitrogen and oxygen atoms in total. The molecule has 0 aliphatic carbocycles. The smallest absolute Gasteiger partial charge is 0.285 e. The second-order valence-electron chi connectivity index (χ2n) is 9.33. The molecule has 0 saturated heterocycles. The van der Waals surface area contributed by atoms with Gasteiger partial charge in [0, 0.05) is 17.4 Å². The highest BCUT2D eigenvalue weighted by molar-refractivity contribution is 6.04. The molecule has 5 rings (SSSR count). The van der Waals surface area contributed by atoms with Gasteiger partial charge in [0.2, 0.25) is 0 Å². The van der Waals surface area contributed by atoms with Crippen LogP contribution in [0.1, 0.15) is 41.4 Å². The number of hydrogen-bond acceptors (Lipinski definition) is 9. The summed E-state index contributed by atoms with van der Waals surface area (Å²) in [6.07, 6.45) is 2.99. The Kier molecular flexibility index (Phi) is 6.86. The molecular weight excluding hydrogens is 498 g/mol. The first-order chi connectivity index (χ1) is 18.8. The van der Waals surface area contributed by atoms with Crippen LogP contribution in [0.2, 0.25) is 0 Å². The molecule has 0 aliphatic rings. The van der Waals surface area contributed by atoms with Gasteiger partial charge in [-0.05, 0) is 42.7 Å².